The SMILES string of the molecule is Cc1nn(CCO)c(C)c1CNCCc1cccc(F)c1. The first kappa shape index (κ1) is 15.7. The van der Waals surface area contributed by atoms with Crippen LogP contribution in [0.2, 0.25) is 0 Å². The first-order chi connectivity index (χ1) is 10.1. The van der Waals surface area contributed by atoms with Crippen LogP contribution in [-0.4, -0.2) is 28.0 Å². The van der Waals surface area contributed by atoms with Gasteiger partial charge in [-0.05, 0) is 44.5 Å². The van der Waals surface area contributed by atoms with E-state index >= 15 is 0 Å². The minimum atomic E-state index is -0.190. The van der Waals surface area contributed by atoms with E-state index < -0.39 is 0 Å². The molecule has 114 valence electrons. The highest BCUT2D eigenvalue weighted by atomic mass is 19.1. The summed E-state index contributed by atoms with van der Waals surface area (Å²) in [5.74, 6) is -0.190. The molecule has 0 amide bonds. The van der Waals surface area contributed by atoms with Crippen LogP contribution in [0.4, 0.5) is 4.39 Å². The number of aromatic nitrogens is 2. The van der Waals surface area contributed by atoms with Gasteiger partial charge in [0.25, 0.3) is 0 Å². The average molecular weight is 291 g/mol. The summed E-state index contributed by atoms with van der Waals surface area (Å²) in [5, 5.41) is 16.8. The van der Waals surface area contributed by atoms with Gasteiger partial charge in [-0.1, -0.05) is 12.1 Å². The summed E-state index contributed by atoms with van der Waals surface area (Å²) in [7, 11) is 0. The van der Waals surface area contributed by atoms with Gasteiger partial charge in [-0.3, -0.25) is 4.68 Å². The lowest BCUT2D eigenvalue weighted by atomic mass is 10.1. The molecule has 0 radical (unpaired) electrons. The van der Waals surface area contributed by atoms with Crippen LogP contribution < -0.4 is 5.32 Å². The van der Waals surface area contributed by atoms with Crippen LogP contribution in [0, 0.1) is 19.7 Å². The Hall–Kier alpha value is -1.72. The lowest BCUT2D eigenvalue weighted by Crippen LogP contribution is -2.17. The molecule has 0 aliphatic rings. The molecule has 4 nitrogen and oxygen atoms in total. The Balaban J connectivity index is 1.86. The number of rotatable bonds is 7. The van der Waals surface area contributed by atoms with Crippen molar-refractivity contribution in [2.45, 2.75) is 33.4 Å². The van der Waals surface area contributed by atoms with Crippen molar-refractivity contribution in [1.29, 1.82) is 0 Å². The summed E-state index contributed by atoms with van der Waals surface area (Å²) >= 11 is 0. The number of aliphatic hydroxyl groups excluding tert-OH is 1. The van der Waals surface area contributed by atoms with E-state index in [1.54, 1.807) is 12.1 Å². The highest BCUT2D eigenvalue weighted by molar-refractivity contribution is 5.24. The number of aryl methyl sites for hydroxylation is 1. The zero-order valence-corrected chi connectivity index (χ0v) is 12.6. The molecule has 1 heterocycles. The highest BCUT2D eigenvalue weighted by Gasteiger charge is 2.10. The predicted octanol–water partition coefficient (Wildman–Crippen LogP) is 1.96. The summed E-state index contributed by atoms with van der Waals surface area (Å²) in [6.07, 6.45) is 0.792. The molecule has 0 aliphatic heterocycles. The Morgan fingerprint density at radius 2 is 2.14 bits per heavy atom. The van der Waals surface area contributed by atoms with Crippen molar-refractivity contribution in [1.82, 2.24) is 15.1 Å². The van der Waals surface area contributed by atoms with Crippen LogP contribution in [0.15, 0.2) is 24.3 Å². The van der Waals surface area contributed by atoms with Gasteiger partial charge in [-0.25, -0.2) is 4.39 Å². The van der Waals surface area contributed by atoms with Gasteiger partial charge in [-0.2, -0.15) is 5.10 Å². The average Bonchev–Trinajstić information content (AvgIpc) is 2.71. The molecule has 0 unspecified atom stereocenters. The second-order valence-corrected chi connectivity index (χ2v) is 5.15. The van der Waals surface area contributed by atoms with Gasteiger partial charge in [-0.15, -0.1) is 0 Å². The van der Waals surface area contributed by atoms with E-state index in [1.165, 1.54) is 11.6 Å². The minimum absolute atomic E-state index is 0.0917. The molecule has 21 heavy (non-hydrogen) atoms. The molecule has 2 N–H and O–H groups in total. The van der Waals surface area contributed by atoms with Crippen LogP contribution in [0.3, 0.4) is 0 Å². The van der Waals surface area contributed by atoms with Gasteiger partial charge in [0.1, 0.15) is 5.82 Å². The largest absolute Gasteiger partial charge is 0.394 e. The maximum atomic E-state index is 13.1. The maximum Gasteiger partial charge on any atom is 0.123 e. The van der Waals surface area contributed by atoms with Crippen molar-refractivity contribution in [3.8, 4) is 0 Å². The Bertz CT molecular complexity index is 595. The molecular weight excluding hydrogens is 269 g/mol. The third-order valence-electron chi connectivity index (χ3n) is 3.62. The molecule has 1 aromatic carbocycles. The molecule has 0 bridgehead atoms. The molecular formula is C16H22FN3O. The quantitative estimate of drug-likeness (QED) is 0.767. The second kappa shape index (κ2) is 7.33. The van der Waals surface area contributed by atoms with Gasteiger partial charge in [0, 0.05) is 17.8 Å². The van der Waals surface area contributed by atoms with Crippen molar-refractivity contribution in [3.63, 3.8) is 0 Å². The maximum absolute atomic E-state index is 13.1. The Morgan fingerprint density at radius 1 is 1.33 bits per heavy atom. The molecule has 0 saturated heterocycles. The third kappa shape index (κ3) is 4.12. The Kier molecular flexibility index (Phi) is 5.47. The topological polar surface area (TPSA) is 50.1 Å². The van der Waals surface area contributed by atoms with Crippen LogP contribution in [0.5, 0.6) is 0 Å². The van der Waals surface area contributed by atoms with E-state index in [2.05, 4.69) is 10.4 Å². The van der Waals surface area contributed by atoms with Crippen molar-refractivity contribution in [3.05, 3.63) is 52.6 Å². The number of aliphatic hydroxyl groups is 1. The number of nitrogens with zero attached hydrogens (tertiary/aromatic N) is 2. The molecule has 2 aromatic rings. The fourth-order valence-corrected chi connectivity index (χ4v) is 2.44. The van der Waals surface area contributed by atoms with Gasteiger partial charge in [0.15, 0.2) is 0 Å². The van der Waals surface area contributed by atoms with Crippen molar-refractivity contribution in [2.75, 3.05) is 13.2 Å². The lowest BCUT2D eigenvalue weighted by Gasteiger charge is -2.06. The number of benzene rings is 1. The van der Waals surface area contributed by atoms with Crippen molar-refractivity contribution in [2.24, 2.45) is 0 Å². The molecule has 5 heteroatoms. The van der Waals surface area contributed by atoms with Crippen LogP contribution in [0.1, 0.15) is 22.5 Å². The predicted molar refractivity (Wildman–Crippen MR) is 80.6 cm³/mol. The number of hydrogen-bond donors (Lipinski definition) is 2. The smallest absolute Gasteiger partial charge is 0.123 e. The van der Waals surface area contributed by atoms with Gasteiger partial charge >= 0.3 is 0 Å². The summed E-state index contributed by atoms with van der Waals surface area (Å²) in [6, 6.07) is 6.69. The van der Waals surface area contributed by atoms with Gasteiger partial charge < -0.3 is 10.4 Å². The van der Waals surface area contributed by atoms with E-state index in [0.717, 1.165) is 36.5 Å². The molecule has 0 spiro atoms. The summed E-state index contributed by atoms with van der Waals surface area (Å²) in [4.78, 5) is 0. The lowest BCUT2D eigenvalue weighted by molar-refractivity contribution is 0.267. The molecule has 2 rings (SSSR count). The van der Waals surface area contributed by atoms with E-state index in [4.69, 9.17) is 5.11 Å². The summed E-state index contributed by atoms with van der Waals surface area (Å²) in [6.45, 7) is 6.12. The Labute approximate surface area is 124 Å². The van der Waals surface area contributed by atoms with Crippen molar-refractivity contribution >= 4 is 0 Å². The van der Waals surface area contributed by atoms with Crippen molar-refractivity contribution < 1.29 is 9.50 Å². The second-order valence-electron chi connectivity index (χ2n) is 5.15. The zero-order chi connectivity index (χ0) is 15.2. The number of halogens is 1. The first-order valence-corrected chi connectivity index (χ1v) is 7.20. The monoisotopic (exact) mass is 291 g/mol. The summed E-state index contributed by atoms with van der Waals surface area (Å²) in [5.41, 5.74) is 4.23. The zero-order valence-electron chi connectivity index (χ0n) is 12.6. The van der Waals surface area contributed by atoms with E-state index in [9.17, 15) is 4.39 Å². The number of nitrogens with one attached hydrogen (secondary N) is 1. The van der Waals surface area contributed by atoms with Gasteiger partial charge in [0.05, 0.1) is 18.8 Å². The number of hydrogen-bond acceptors (Lipinski definition) is 3. The van der Waals surface area contributed by atoms with Crippen LogP contribution in [-0.2, 0) is 19.5 Å². The molecule has 0 fully saturated rings. The van der Waals surface area contributed by atoms with Crippen LogP contribution in [0.25, 0.3) is 0 Å². The summed E-state index contributed by atoms with van der Waals surface area (Å²) < 4.78 is 14.9. The van der Waals surface area contributed by atoms with E-state index in [0.29, 0.717) is 6.54 Å². The molecule has 0 atom stereocenters. The highest BCUT2D eigenvalue weighted by Crippen LogP contribution is 2.12. The van der Waals surface area contributed by atoms with Gasteiger partial charge in [0.2, 0.25) is 0 Å². The third-order valence-corrected chi connectivity index (χ3v) is 3.62. The first-order valence-electron chi connectivity index (χ1n) is 7.20. The molecule has 1 aromatic heterocycles. The molecule has 0 saturated carbocycles. The fourth-order valence-electron chi connectivity index (χ4n) is 2.44. The normalized spacial score (nSPS) is 11.0. The van der Waals surface area contributed by atoms with Crippen LogP contribution >= 0.6 is 0 Å². The van der Waals surface area contributed by atoms with E-state index in [-0.39, 0.29) is 12.4 Å². The van der Waals surface area contributed by atoms with E-state index in [1.807, 2.05) is 24.6 Å². The molecule has 0 aliphatic carbocycles. The standard InChI is InChI=1S/C16H22FN3O/c1-12-16(13(2)20(19-12)8-9-21)11-18-7-6-14-4-3-5-15(17)10-14/h3-5,10,18,21H,6-9,11H2,1-2H3. The minimum Gasteiger partial charge on any atom is -0.394 e. The fraction of sp³-hybridized carbons (Fsp3) is 0.438. The Morgan fingerprint density at radius 3 is 2.86 bits per heavy atom.